The molecule has 0 fully saturated rings. The lowest BCUT2D eigenvalue weighted by molar-refractivity contribution is 1.54. The Balaban J connectivity index is 1.14. The molecule has 0 aliphatic rings. The molecule has 0 spiro atoms. The van der Waals surface area contributed by atoms with E-state index in [1.165, 1.54) is 146 Å². The normalized spacial score (nSPS) is 12.1. The third-order valence-corrected chi connectivity index (χ3v) is 18.7. The Bertz CT molecular complexity index is 4150. The van der Waals surface area contributed by atoms with Gasteiger partial charge >= 0.3 is 0 Å². The predicted molar refractivity (Wildman–Crippen MR) is 301 cm³/mol. The van der Waals surface area contributed by atoms with Crippen LogP contribution in [0.5, 0.6) is 0 Å². The second-order valence-electron chi connectivity index (χ2n) is 17.8. The van der Waals surface area contributed by atoms with Crippen molar-refractivity contribution in [3.05, 3.63) is 251 Å². The van der Waals surface area contributed by atoms with Gasteiger partial charge in [0.2, 0.25) is 0 Å². The molecule has 316 valence electrons. The Labute approximate surface area is 406 Å². The van der Waals surface area contributed by atoms with Crippen LogP contribution in [0.15, 0.2) is 218 Å². The van der Waals surface area contributed by atoms with Crippen molar-refractivity contribution in [2.45, 2.75) is 0 Å². The summed E-state index contributed by atoms with van der Waals surface area (Å²) in [6.07, 6.45) is 0. The van der Waals surface area contributed by atoms with Gasteiger partial charge in [0.25, 0.3) is 0 Å². The van der Waals surface area contributed by atoms with Crippen molar-refractivity contribution in [2.24, 2.45) is 0 Å². The fraction of sp³-hybridized carbons (Fsp3) is 0. The van der Waals surface area contributed by atoms with Crippen LogP contribution in [-0.4, -0.2) is 0 Å². The zero-order valence-corrected chi connectivity index (χ0v) is 39.7. The van der Waals surface area contributed by atoms with Crippen LogP contribution in [0.1, 0.15) is 22.3 Å². The van der Waals surface area contributed by atoms with Gasteiger partial charge in [0, 0.05) is 80.7 Å². The number of hydrogen-bond donors (Lipinski definition) is 0. The molecule has 0 unspecified atom stereocenters. The first kappa shape index (κ1) is 38.6. The highest BCUT2D eigenvalue weighted by Crippen LogP contribution is 2.42. The highest BCUT2D eigenvalue weighted by Gasteiger charge is 2.20. The third kappa shape index (κ3) is 5.82. The minimum absolute atomic E-state index is 1.22. The summed E-state index contributed by atoms with van der Waals surface area (Å²) in [7, 11) is 0. The van der Waals surface area contributed by atoms with Gasteiger partial charge in [0.1, 0.15) is 0 Å². The van der Waals surface area contributed by atoms with Crippen LogP contribution in [0, 0.1) is 0 Å². The fourth-order valence-electron chi connectivity index (χ4n) is 11.1. The standard InChI is InChI=1S/C64H36S4/c1-2-18-46-45(17-1)63(61(37-25-29-57-49(33-37)41-13-5-9-21-53(41)65-57)38-26-30-58-50(34-38)42-14-6-10-22-54(42)66-58)47-19-3-4-20-48(47)64(46)62(39-27-31-59-51(35-39)43-15-7-11-23-55(43)67-59)40-28-32-60-52(36-40)44-16-8-12-24-56(44)68-60/h1-36H. The summed E-state index contributed by atoms with van der Waals surface area (Å²) in [4.78, 5) is 0. The Hall–Kier alpha value is -7.44. The van der Waals surface area contributed by atoms with Gasteiger partial charge < -0.3 is 0 Å². The molecule has 11 aromatic carbocycles. The van der Waals surface area contributed by atoms with E-state index in [9.17, 15) is 0 Å². The first-order valence-electron chi connectivity index (χ1n) is 23.0. The molecular weight excluding hydrogens is 897 g/mol. The van der Waals surface area contributed by atoms with Crippen LogP contribution in [0.4, 0.5) is 0 Å². The lowest BCUT2D eigenvalue weighted by atomic mass is 9.85. The van der Waals surface area contributed by atoms with Crippen LogP contribution in [0.2, 0.25) is 0 Å². The van der Waals surface area contributed by atoms with Crippen LogP contribution >= 0.6 is 45.3 Å². The van der Waals surface area contributed by atoms with Crippen LogP contribution in [0.25, 0.3) is 113 Å². The topological polar surface area (TPSA) is 0 Å². The summed E-state index contributed by atoms with van der Waals surface area (Å²) in [5, 5.41) is 17.9. The highest BCUT2D eigenvalue weighted by molar-refractivity contribution is 7.27. The average Bonchev–Trinajstić information content (AvgIpc) is 4.17. The summed E-state index contributed by atoms with van der Waals surface area (Å²) in [6.45, 7) is 0. The van der Waals surface area contributed by atoms with Crippen molar-refractivity contribution in [1.82, 2.24) is 0 Å². The average molecular weight is 933 g/mol. The predicted octanol–water partition coefficient (Wildman–Crippen LogP) is 18.0. The van der Waals surface area contributed by atoms with E-state index in [-0.39, 0.29) is 0 Å². The Morgan fingerprint density at radius 2 is 0.397 bits per heavy atom. The van der Waals surface area contributed by atoms with E-state index < -0.39 is 0 Å². The first-order valence-corrected chi connectivity index (χ1v) is 26.3. The molecule has 0 radical (unpaired) electrons. The van der Waals surface area contributed by atoms with Gasteiger partial charge in [0.05, 0.1) is 0 Å². The zero-order chi connectivity index (χ0) is 44.5. The van der Waals surface area contributed by atoms with Crippen molar-refractivity contribution in [3.63, 3.8) is 0 Å². The summed E-state index contributed by atoms with van der Waals surface area (Å²) in [5.41, 5.74) is 7.37. The van der Waals surface area contributed by atoms with Gasteiger partial charge in [-0.3, -0.25) is 0 Å². The molecule has 0 aliphatic carbocycles. The van der Waals surface area contributed by atoms with E-state index in [4.69, 9.17) is 0 Å². The molecule has 4 heterocycles. The molecule has 0 atom stereocenters. The van der Waals surface area contributed by atoms with E-state index in [1.54, 1.807) is 0 Å². The van der Waals surface area contributed by atoms with Crippen molar-refractivity contribution in [3.8, 4) is 0 Å². The van der Waals surface area contributed by atoms with Gasteiger partial charge in [-0.25, -0.2) is 0 Å². The molecule has 0 bridgehead atoms. The summed E-state index contributed by atoms with van der Waals surface area (Å²) >= 11 is 7.51. The van der Waals surface area contributed by atoms with Crippen LogP contribution < -0.4 is 10.4 Å². The Morgan fingerprint density at radius 3 is 0.647 bits per heavy atom. The van der Waals surface area contributed by atoms with Gasteiger partial charge in [-0.15, -0.1) is 45.3 Å². The first-order chi connectivity index (χ1) is 33.7. The van der Waals surface area contributed by atoms with E-state index in [0.29, 0.717) is 0 Å². The number of fused-ring (bicyclic) bond motifs is 14. The lowest BCUT2D eigenvalue weighted by Gasteiger charge is -2.18. The summed E-state index contributed by atoms with van der Waals surface area (Å²) < 4.78 is 10.5. The van der Waals surface area contributed by atoms with Crippen LogP contribution in [-0.2, 0) is 0 Å². The molecule has 15 rings (SSSR count). The van der Waals surface area contributed by atoms with Gasteiger partial charge in [-0.2, -0.15) is 0 Å². The van der Waals surface area contributed by atoms with E-state index in [2.05, 4.69) is 218 Å². The Kier molecular flexibility index (Phi) is 8.54. The maximum Gasteiger partial charge on any atom is 0.0355 e. The molecule has 0 amide bonds. The SMILES string of the molecule is c1ccc2c(c1)sc1ccc(C(c3ccc4sc5ccccc5c4c3)=c3c4ccccc4c(=C(c4ccc5sc6ccccc6c5c4)c4ccc5sc6ccccc6c5c4)c4ccccc34)cc12. The van der Waals surface area contributed by atoms with Gasteiger partial charge in [-0.05, 0) is 138 Å². The number of rotatable bonds is 4. The Morgan fingerprint density at radius 1 is 0.191 bits per heavy atom. The number of hydrogen-bond acceptors (Lipinski definition) is 4. The van der Waals surface area contributed by atoms with Crippen molar-refractivity contribution < 1.29 is 0 Å². The van der Waals surface area contributed by atoms with E-state index in [0.717, 1.165) is 0 Å². The monoisotopic (exact) mass is 932 g/mol. The molecule has 0 aliphatic heterocycles. The second kappa shape index (κ2) is 15.0. The maximum atomic E-state index is 2.47. The molecule has 0 nitrogen and oxygen atoms in total. The minimum atomic E-state index is 1.22. The smallest absolute Gasteiger partial charge is 0.0355 e. The van der Waals surface area contributed by atoms with E-state index in [1.807, 2.05) is 45.3 Å². The number of benzene rings is 11. The van der Waals surface area contributed by atoms with Crippen LogP contribution in [0.3, 0.4) is 0 Å². The molecule has 0 N–H and O–H groups in total. The summed E-state index contributed by atoms with van der Waals surface area (Å²) in [6, 6.07) is 82.7. The van der Waals surface area contributed by atoms with Crippen molar-refractivity contribution in [1.29, 1.82) is 0 Å². The van der Waals surface area contributed by atoms with Gasteiger partial charge in [0.15, 0.2) is 0 Å². The zero-order valence-electron chi connectivity index (χ0n) is 36.4. The molecule has 0 saturated carbocycles. The third-order valence-electron chi connectivity index (χ3n) is 14.1. The van der Waals surface area contributed by atoms with Crippen molar-refractivity contribution in [2.75, 3.05) is 0 Å². The molecule has 68 heavy (non-hydrogen) atoms. The quantitative estimate of drug-likeness (QED) is 0.154. The molecule has 0 saturated heterocycles. The van der Waals surface area contributed by atoms with Gasteiger partial charge in [-0.1, -0.05) is 146 Å². The largest absolute Gasteiger partial charge is 0.135 e. The molecule has 4 heteroatoms. The highest BCUT2D eigenvalue weighted by atomic mass is 32.1. The summed E-state index contributed by atoms with van der Waals surface area (Å²) in [5.74, 6) is 0. The van der Waals surface area contributed by atoms with Crippen molar-refractivity contribution >= 4 is 159 Å². The molecular formula is C64H36S4. The lowest BCUT2D eigenvalue weighted by Crippen LogP contribution is -2.21. The number of thiophene rings is 4. The second-order valence-corrected chi connectivity index (χ2v) is 22.2. The van der Waals surface area contributed by atoms with E-state index >= 15 is 0 Å². The molecule has 4 aromatic heterocycles. The molecule has 15 aromatic rings. The minimum Gasteiger partial charge on any atom is -0.135 e. The fourth-order valence-corrected chi connectivity index (χ4v) is 15.4. The maximum absolute atomic E-state index is 2.47.